The molecule has 0 aromatic carbocycles. The molecule has 0 amide bonds. The normalized spacial score (nSPS) is 13.9. The smallest absolute Gasteiger partial charge is 0.136 e. The van der Waals surface area contributed by atoms with Crippen molar-refractivity contribution in [3.05, 3.63) is 11.8 Å². The molecule has 0 atom stereocenters. The van der Waals surface area contributed by atoms with Crippen LogP contribution in [0.25, 0.3) is 0 Å². The second-order valence-corrected chi connectivity index (χ2v) is 2.67. The van der Waals surface area contributed by atoms with Gasteiger partial charge >= 0.3 is 0 Å². The number of oxime groups is 1. The van der Waals surface area contributed by atoms with Crippen molar-refractivity contribution in [2.75, 3.05) is 0 Å². The second-order valence-electron chi connectivity index (χ2n) is 2.67. The Morgan fingerprint density at radius 2 is 2.09 bits per heavy atom. The molecule has 0 radical (unpaired) electrons. The lowest BCUT2D eigenvalue weighted by Gasteiger charge is -2.06. The van der Waals surface area contributed by atoms with E-state index in [1.807, 2.05) is 26.8 Å². The van der Waals surface area contributed by atoms with Gasteiger partial charge in [0.05, 0.1) is 0 Å². The van der Waals surface area contributed by atoms with Crippen LogP contribution >= 0.6 is 0 Å². The first-order chi connectivity index (χ1) is 5.07. The van der Waals surface area contributed by atoms with Crippen LogP contribution in [0.4, 0.5) is 0 Å². The van der Waals surface area contributed by atoms with E-state index in [0.717, 1.165) is 5.76 Å². The molecular formula is C8H16N2O. The molecule has 0 saturated carbocycles. The standard InChI is InChI=1S/C8H16N2O/c1-5-8(6(2)3)11-10-7(4)9/h5-6H,1-4H3,(H2,9,10)/b8-5-. The maximum absolute atomic E-state index is 5.29. The third-order valence-electron chi connectivity index (χ3n) is 1.15. The van der Waals surface area contributed by atoms with Crippen molar-refractivity contribution in [1.82, 2.24) is 0 Å². The van der Waals surface area contributed by atoms with Gasteiger partial charge < -0.3 is 10.6 Å². The van der Waals surface area contributed by atoms with Gasteiger partial charge in [-0.05, 0) is 19.9 Å². The molecule has 2 N–H and O–H groups in total. The molecular weight excluding hydrogens is 140 g/mol. The summed E-state index contributed by atoms with van der Waals surface area (Å²) < 4.78 is 0. The number of amidine groups is 1. The molecule has 3 nitrogen and oxygen atoms in total. The molecule has 0 aromatic rings. The van der Waals surface area contributed by atoms with Crippen molar-refractivity contribution in [1.29, 1.82) is 0 Å². The molecule has 0 aliphatic heterocycles. The van der Waals surface area contributed by atoms with Crippen LogP contribution in [0.1, 0.15) is 27.7 Å². The van der Waals surface area contributed by atoms with E-state index in [-0.39, 0.29) is 0 Å². The van der Waals surface area contributed by atoms with Crippen LogP contribution in [0.15, 0.2) is 17.0 Å². The zero-order valence-electron chi connectivity index (χ0n) is 7.59. The zero-order valence-corrected chi connectivity index (χ0v) is 7.59. The van der Waals surface area contributed by atoms with Crippen molar-refractivity contribution < 1.29 is 4.84 Å². The van der Waals surface area contributed by atoms with Gasteiger partial charge in [-0.3, -0.25) is 0 Å². The highest BCUT2D eigenvalue weighted by Crippen LogP contribution is 2.10. The van der Waals surface area contributed by atoms with E-state index in [4.69, 9.17) is 10.6 Å². The maximum Gasteiger partial charge on any atom is 0.136 e. The lowest BCUT2D eigenvalue weighted by Crippen LogP contribution is -2.07. The average Bonchev–Trinajstić information content (AvgIpc) is 1.87. The van der Waals surface area contributed by atoms with Gasteiger partial charge in [0.25, 0.3) is 0 Å². The zero-order chi connectivity index (χ0) is 8.85. The molecule has 0 aliphatic rings. The summed E-state index contributed by atoms with van der Waals surface area (Å²) in [5.74, 6) is 1.63. The molecule has 0 aromatic heterocycles. The Morgan fingerprint density at radius 1 is 1.55 bits per heavy atom. The highest BCUT2D eigenvalue weighted by molar-refractivity contribution is 5.76. The minimum absolute atomic E-state index is 0.350. The average molecular weight is 156 g/mol. The predicted molar refractivity (Wildman–Crippen MR) is 47.0 cm³/mol. The molecule has 3 heteroatoms. The molecule has 0 bridgehead atoms. The Bertz CT molecular complexity index is 167. The lowest BCUT2D eigenvalue weighted by atomic mass is 10.2. The van der Waals surface area contributed by atoms with Gasteiger partial charge in [-0.15, -0.1) is 0 Å². The van der Waals surface area contributed by atoms with Crippen molar-refractivity contribution >= 4 is 5.84 Å². The van der Waals surface area contributed by atoms with E-state index in [1.54, 1.807) is 6.92 Å². The third-order valence-corrected chi connectivity index (χ3v) is 1.15. The highest BCUT2D eigenvalue weighted by atomic mass is 16.6. The number of nitrogens with two attached hydrogens (primary N) is 1. The van der Waals surface area contributed by atoms with E-state index < -0.39 is 0 Å². The Labute approximate surface area is 67.9 Å². The fourth-order valence-corrected chi connectivity index (χ4v) is 0.616. The number of hydrogen-bond acceptors (Lipinski definition) is 2. The largest absolute Gasteiger partial charge is 0.385 e. The van der Waals surface area contributed by atoms with E-state index >= 15 is 0 Å². The van der Waals surface area contributed by atoms with Crippen LogP contribution < -0.4 is 5.73 Å². The molecule has 11 heavy (non-hydrogen) atoms. The quantitative estimate of drug-likeness (QED) is 0.293. The van der Waals surface area contributed by atoms with Gasteiger partial charge in [-0.1, -0.05) is 19.0 Å². The van der Waals surface area contributed by atoms with E-state index in [9.17, 15) is 0 Å². The third kappa shape index (κ3) is 4.42. The summed E-state index contributed by atoms with van der Waals surface area (Å²) in [5, 5.41) is 3.64. The topological polar surface area (TPSA) is 47.6 Å². The van der Waals surface area contributed by atoms with Crippen LogP contribution in [0, 0.1) is 5.92 Å². The monoisotopic (exact) mass is 156 g/mol. The molecule has 0 fully saturated rings. The van der Waals surface area contributed by atoms with Crippen molar-refractivity contribution in [3.63, 3.8) is 0 Å². The molecule has 64 valence electrons. The Balaban J connectivity index is 4.02. The SMILES string of the molecule is C/C=C(\O/N=C(/C)N)C(C)C. The van der Waals surface area contributed by atoms with Crippen LogP contribution in [-0.2, 0) is 4.84 Å². The summed E-state index contributed by atoms with van der Waals surface area (Å²) in [5.41, 5.74) is 5.29. The summed E-state index contributed by atoms with van der Waals surface area (Å²) in [4.78, 5) is 5.04. The van der Waals surface area contributed by atoms with Crippen molar-refractivity contribution in [2.24, 2.45) is 16.8 Å². The minimum Gasteiger partial charge on any atom is -0.385 e. The van der Waals surface area contributed by atoms with Crippen LogP contribution in [0.2, 0.25) is 0 Å². The second kappa shape index (κ2) is 4.77. The predicted octanol–water partition coefficient (Wildman–Crippen LogP) is 1.85. The van der Waals surface area contributed by atoms with Crippen LogP contribution in [0.3, 0.4) is 0 Å². The molecule has 0 aliphatic carbocycles. The maximum atomic E-state index is 5.29. The van der Waals surface area contributed by atoms with E-state index in [2.05, 4.69) is 5.16 Å². The van der Waals surface area contributed by atoms with Gasteiger partial charge in [0.1, 0.15) is 11.6 Å². The first-order valence-electron chi connectivity index (χ1n) is 3.71. The summed E-state index contributed by atoms with van der Waals surface area (Å²) in [6.45, 7) is 7.68. The van der Waals surface area contributed by atoms with E-state index in [0.29, 0.717) is 11.8 Å². The molecule has 0 spiro atoms. The van der Waals surface area contributed by atoms with Gasteiger partial charge in [0.2, 0.25) is 0 Å². The highest BCUT2D eigenvalue weighted by Gasteiger charge is 2.01. The molecule has 0 saturated heterocycles. The minimum atomic E-state index is 0.350. The molecule has 0 heterocycles. The van der Waals surface area contributed by atoms with Gasteiger partial charge in [0.15, 0.2) is 0 Å². The summed E-state index contributed by atoms with van der Waals surface area (Å²) >= 11 is 0. The summed E-state index contributed by atoms with van der Waals surface area (Å²) in [7, 11) is 0. The van der Waals surface area contributed by atoms with E-state index in [1.165, 1.54) is 0 Å². The molecule has 0 rings (SSSR count). The fraction of sp³-hybridized carbons (Fsp3) is 0.625. The number of allylic oxidation sites excluding steroid dienone is 2. The summed E-state index contributed by atoms with van der Waals surface area (Å²) in [6, 6.07) is 0. The number of nitrogens with zero attached hydrogens (tertiary/aromatic N) is 1. The Hall–Kier alpha value is -0.990. The van der Waals surface area contributed by atoms with Crippen molar-refractivity contribution in [2.45, 2.75) is 27.7 Å². The first kappa shape index (κ1) is 10.0. The summed E-state index contributed by atoms with van der Waals surface area (Å²) in [6.07, 6.45) is 1.89. The van der Waals surface area contributed by atoms with Gasteiger partial charge in [0, 0.05) is 5.92 Å². The number of rotatable bonds is 3. The number of hydrogen-bond donors (Lipinski definition) is 1. The van der Waals surface area contributed by atoms with Crippen LogP contribution in [-0.4, -0.2) is 5.84 Å². The Kier molecular flexibility index (Phi) is 4.34. The van der Waals surface area contributed by atoms with Gasteiger partial charge in [-0.25, -0.2) is 0 Å². The van der Waals surface area contributed by atoms with Crippen LogP contribution in [0.5, 0.6) is 0 Å². The Morgan fingerprint density at radius 3 is 2.36 bits per heavy atom. The molecule has 0 unspecified atom stereocenters. The lowest BCUT2D eigenvalue weighted by molar-refractivity contribution is 0.196. The first-order valence-corrected chi connectivity index (χ1v) is 3.71. The van der Waals surface area contributed by atoms with Gasteiger partial charge in [-0.2, -0.15) is 0 Å². The fourth-order valence-electron chi connectivity index (χ4n) is 0.616. The van der Waals surface area contributed by atoms with Crippen molar-refractivity contribution in [3.8, 4) is 0 Å².